The topological polar surface area (TPSA) is 101 Å². The summed E-state index contributed by atoms with van der Waals surface area (Å²) in [6, 6.07) is 3.65. The monoisotopic (exact) mass is 353 g/mol. The molecule has 6 nitrogen and oxygen atoms in total. The van der Waals surface area contributed by atoms with Crippen LogP contribution in [0.2, 0.25) is 0 Å². The summed E-state index contributed by atoms with van der Waals surface area (Å²) in [5, 5.41) is 21.7. The predicted molar refractivity (Wildman–Crippen MR) is 79.8 cm³/mol. The molecule has 1 aromatic rings. The molecule has 23 heavy (non-hydrogen) atoms. The summed E-state index contributed by atoms with van der Waals surface area (Å²) in [7, 11) is 0. The van der Waals surface area contributed by atoms with Gasteiger partial charge in [-0.25, -0.2) is 4.39 Å². The first-order valence-corrected chi connectivity index (χ1v) is 7.45. The van der Waals surface area contributed by atoms with Gasteiger partial charge in [0, 0.05) is 12.4 Å². The Hall–Kier alpha value is -2.26. The van der Waals surface area contributed by atoms with Crippen LogP contribution in [0, 0.1) is 5.82 Å². The van der Waals surface area contributed by atoms with Gasteiger partial charge in [0.1, 0.15) is 10.1 Å². The van der Waals surface area contributed by atoms with Gasteiger partial charge in [0.2, 0.25) is 0 Å². The lowest BCUT2D eigenvalue weighted by Gasteiger charge is -2.27. The molecule has 0 radical (unpaired) electrons. The third-order valence-corrected chi connectivity index (χ3v) is 4.24. The smallest absolute Gasteiger partial charge is 0.266 e. The van der Waals surface area contributed by atoms with E-state index in [-0.39, 0.29) is 9.23 Å². The fraction of sp³-hybridized carbons (Fsp3) is 0.143. The van der Waals surface area contributed by atoms with Gasteiger partial charge in [-0.3, -0.25) is 9.69 Å². The molecular formula is C14H8FNO5S2-2. The molecule has 2 rings (SSSR count). The normalized spacial score (nSPS) is 17.6. The molecule has 0 saturated carbocycles. The van der Waals surface area contributed by atoms with Crippen molar-refractivity contribution in [1.29, 1.82) is 0 Å². The minimum absolute atomic E-state index is 0.0604. The number of thiocarbonyl (C=S) groups is 1. The number of carboxylic acid groups (broad SMARTS) is 2. The zero-order valence-electron chi connectivity index (χ0n) is 11.4. The van der Waals surface area contributed by atoms with Crippen molar-refractivity contribution in [2.24, 2.45) is 0 Å². The van der Waals surface area contributed by atoms with Crippen LogP contribution in [0.4, 0.5) is 4.39 Å². The molecular weight excluding hydrogens is 345 g/mol. The van der Waals surface area contributed by atoms with Crippen LogP contribution >= 0.6 is 24.0 Å². The molecule has 0 spiro atoms. The maximum atomic E-state index is 13.2. The van der Waals surface area contributed by atoms with Crippen molar-refractivity contribution >= 4 is 52.2 Å². The second kappa shape index (κ2) is 6.88. The molecule has 0 aromatic heterocycles. The fourth-order valence-corrected chi connectivity index (χ4v) is 3.29. The highest BCUT2D eigenvalue weighted by Crippen LogP contribution is 2.34. The van der Waals surface area contributed by atoms with E-state index in [1.54, 1.807) is 6.07 Å². The number of aliphatic carboxylic acids is 2. The largest absolute Gasteiger partial charge is 0.550 e. The molecule has 1 aliphatic heterocycles. The van der Waals surface area contributed by atoms with Crippen LogP contribution < -0.4 is 10.2 Å². The number of halogens is 1. The van der Waals surface area contributed by atoms with Gasteiger partial charge in [-0.2, -0.15) is 0 Å². The molecule has 1 atom stereocenters. The second-order valence-electron chi connectivity index (χ2n) is 4.52. The lowest BCUT2D eigenvalue weighted by Crippen LogP contribution is -2.52. The Labute approximate surface area is 139 Å². The molecule has 1 saturated heterocycles. The lowest BCUT2D eigenvalue weighted by molar-refractivity contribution is -0.319. The fourth-order valence-electron chi connectivity index (χ4n) is 1.93. The third kappa shape index (κ3) is 3.93. The number of amides is 1. The summed E-state index contributed by atoms with van der Waals surface area (Å²) < 4.78 is 13.0. The zero-order chi connectivity index (χ0) is 17.1. The third-order valence-electron chi connectivity index (χ3n) is 2.91. The molecule has 1 aliphatic rings. The van der Waals surface area contributed by atoms with Crippen LogP contribution in [0.3, 0.4) is 0 Å². The summed E-state index contributed by atoms with van der Waals surface area (Å²) in [6.45, 7) is 0. The van der Waals surface area contributed by atoms with E-state index in [9.17, 15) is 29.0 Å². The van der Waals surface area contributed by atoms with E-state index in [1.165, 1.54) is 24.3 Å². The van der Waals surface area contributed by atoms with Gasteiger partial charge in [-0.15, -0.1) is 0 Å². The van der Waals surface area contributed by atoms with Crippen LogP contribution in [-0.2, 0) is 14.4 Å². The highest BCUT2D eigenvalue weighted by molar-refractivity contribution is 8.26. The highest BCUT2D eigenvalue weighted by Gasteiger charge is 2.37. The summed E-state index contributed by atoms with van der Waals surface area (Å²) >= 11 is 5.73. The summed E-state index contributed by atoms with van der Waals surface area (Å²) in [6.07, 6.45) is 0.399. The van der Waals surface area contributed by atoms with E-state index >= 15 is 0 Å². The molecule has 1 fully saturated rings. The van der Waals surface area contributed by atoms with Crippen LogP contribution in [-0.4, -0.2) is 33.1 Å². The number of rotatable bonds is 5. The average molecular weight is 353 g/mol. The molecule has 120 valence electrons. The van der Waals surface area contributed by atoms with Crippen molar-refractivity contribution in [2.75, 3.05) is 0 Å². The molecule has 0 N–H and O–H groups in total. The van der Waals surface area contributed by atoms with E-state index in [0.717, 1.165) is 11.8 Å². The van der Waals surface area contributed by atoms with Crippen LogP contribution in [0.5, 0.6) is 0 Å². The molecule has 0 bridgehead atoms. The van der Waals surface area contributed by atoms with E-state index in [4.69, 9.17) is 12.2 Å². The summed E-state index contributed by atoms with van der Waals surface area (Å²) in [5.41, 5.74) is 0.385. The van der Waals surface area contributed by atoms with E-state index in [2.05, 4.69) is 0 Å². The summed E-state index contributed by atoms with van der Waals surface area (Å²) in [5.74, 6) is -4.68. The molecule has 1 aromatic carbocycles. The van der Waals surface area contributed by atoms with Crippen LogP contribution in [0.1, 0.15) is 12.0 Å². The number of thioether (sulfide) groups is 1. The number of benzene rings is 1. The van der Waals surface area contributed by atoms with Gasteiger partial charge >= 0.3 is 0 Å². The quantitative estimate of drug-likeness (QED) is 0.509. The Morgan fingerprint density at radius 3 is 2.65 bits per heavy atom. The number of nitrogens with zero attached hydrogens (tertiary/aromatic N) is 1. The highest BCUT2D eigenvalue weighted by atomic mass is 32.2. The van der Waals surface area contributed by atoms with Crippen LogP contribution in [0.25, 0.3) is 6.08 Å². The number of hydrogen-bond acceptors (Lipinski definition) is 7. The Morgan fingerprint density at radius 2 is 2.09 bits per heavy atom. The Morgan fingerprint density at radius 1 is 1.39 bits per heavy atom. The van der Waals surface area contributed by atoms with Crippen molar-refractivity contribution in [3.05, 3.63) is 40.6 Å². The lowest BCUT2D eigenvalue weighted by atomic mass is 10.1. The SMILES string of the molecule is O=C([O-])C[C@H](C(=O)[O-])N1C(=O)/C(=C/c2cccc(F)c2)SC1=S. The average Bonchev–Trinajstić information content (AvgIpc) is 2.71. The van der Waals surface area contributed by atoms with Gasteiger partial charge in [0.25, 0.3) is 5.91 Å². The number of carbonyl (C=O) groups is 3. The number of hydrogen-bond donors (Lipinski definition) is 0. The molecule has 0 unspecified atom stereocenters. The number of carboxylic acids is 2. The standard InChI is InChI=1S/C14H10FNO5S2/c15-8-3-1-2-7(4-8)5-10-12(19)16(14(22)23-10)9(13(20)21)6-11(17)18/h1-5,9H,6H2,(H,17,18)(H,20,21)/p-2/b10-5-/t9-/m1/s1. The Kier molecular flexibility index (Phi) is 5.12. The zero-order valence-corrected chi connectivity index (χ0v) is 13.0. The maximum Gasteiger partial charge on any atom is 0.266 e. The van der Waals surface area contributed by atoms with Gasteiger partial charge < -0.3 is 19.8 Å². The molecule has 1 heterocycles. The first kappa shape index (κ1) is 17.1. The minimum Gasteiger partial charge on any atom is -0.550 e. The molecule has 0 aliphatic carbocycles. The minimum atomic E-state index is -1.76. The van der Waals surface area contributed by atoms with Crippen LogP contribution in [0.15, 0.2) is 29.2 Å². The van der Waals surface area contributed by atoms with Gasteiger partial charge in [-0.1, -0.05) is 36.1 Å². The van der Waals surface area contributed by atoms with E-state index in [1.807, 2.05) is 0 Å². The second-order valence-corrected chi connectivity index (χ2v) is 6.19. The molecule has 1 amide bonds. The van der Waals surface area contributed by atoms with E-state index < -0.39 is 36.1 Å². The first-order valence-electron chi connectivity index (χ1n) is 6.23. The summed E-state index contributed by atoms with van der Waals surface area (Å²) in [4.78, 5) is 34.7. The number of carbonyl (C=O) groups excluding carboxylic acids is 3. The van der Waals surface area contributed by atoms with E-state index in [0.29, 0.717) is 10.5 Å². The molecule has 9 heteroatoms. The first-order chi connectivity index (χ1) is 10.8. The predicted octanol–water partition coefficient (Wildman–Crippen LogP) is -0.715. The van der Waals surface area contributed by atoms with Crippen molar-refractivity contribution in [2.45, 2.75) is 12.5 Å². The van der Waals surface area contributed by atoms with Gasteiger partial charge in [0.15, 0.2) is 0 Å². The Bertz CT molecular complexity index is 734. The van der Waals surface area contributed by atoms with Crippen molar-refractivity contribution in [3.63, 3.8) is 0 Å². The maximum absolute atomic E-state index is 13.2. The van der Waals surface area contributed by atoms with Crippen molar-refractivity contribution < 1.29 is 29.0 Å². The van der Waals surface area contributed by atoms with Gasteiger partial charge in [0.05, 0.1) is 16.9 Å². The Balaban J connectivity index is 2.32. The van der Waals surface area contributed by atoms with Crippen molar-refractivity contribution in [1.82, 2.24) is 4.90 Å². The van der Waals surface area contributed by atoms with Gasteiger partial charge in [-0.05, 0) is 23.8 Å². The van der Waals surface area contributed by atoms with Crippen molar-refractivity contribution in [3.8, 4) is 0 Å².